The van der Waals surface area contributed by atoms with E-state index in [9.17, 15) is 9.59 Å². The third-order valence-electron chi connectivity index (χ3n) is 1.84. The maximum Gasteiger partial charge on any atom is 0.255 e. The first-order valence-electron chi connectivity index (χ1n) is 3.80. The number of morpholine rings is 1. The van der Waals surface area contributed by atoms with Crippen LogP contribution < -0.4 is 0 Å². The molecule has 0 spiro atoms. The van der Waals surface area contributed by atoms with Crippen LogP contribution in [0.3, 0.4) is 0 Å². The van der Waals surface area contributed by atoms with Crippen molar-refractivity contribution in [3.05, 3.63) is 0 Å². The number of epoxide rings is 1. The zero-order valence-electron chi connectivity index (χ0n) is 6.49. The van der Waals surface area contributed by atoms with Gasteiger partial charge in [-0.3, -0.25) is 14.5 Å². The second kappa shape index (κ2) is 2.84. The first-order valence-corrected chi connectivity index (χ1v) is 3.80. The Labute approximate surface area is 69.2 Å². The maximum absolute atomic E-state index is 11.1. The monoisotopic (exact) mass is 171 g/mol. The Morgan fingerprint density at radius 3 is 2.42 bits per heavy atom. The maximum atomic E-state index is 11.1. The van der Waals surface area contributed by atoms with E-state index in [1.807, 2.05) is 0 Å². The molecule has 5 nitrogen and oxygen atoms in total. The Morgan fingerprint density at radius 1 is 1.33 bits per heavy atom. The van der Waals surface area contributed by atoms with Gasteiger partial charge in [0.1, 0.15) is 13.2 Å². The molecular formula is C7H9NO4. The lowest BCUT2D eigenvalue weighted by Gasteiger charge is -2.23. The number of imide groups is 1. The van der Waals surface area contributed by atoms with E-state index in [0.29, 0.717) is 13.2 Å². The van der Waals surface area contributed by atoms with E-state index in [2.05, 4.69) is 0 Å². The molecule has 0 aliphatic carbocycles. The molecule has 1 unspecified atom stereocenters. The van der Waals surface area contributed by atoms with Crippen molar-refractivity contribution >= 4 is 11.8 Å². The molecule has 0 radical (unpaired) electrons. The van der Waals surface area contributed by atoms with Crippen LogP contribution in [0.5, 0.6) is 0 Å². The fourth-order valence-corrected chi connectivity index (χ4v) is 1.10. The molecule has 1 atom stereocenters. The summed E-state index contributed by atoms with van der Waals surface area (Å²) in [6.07, 6.45) is 0.0657. The summed E-state index contributed by atoms with van der Waals surface area (Å²) in [7, 11) is 0. The number of rotatable bonds is 2. The molecule has 0 aromatic heterocycles. The fourth-order valence-electron chi connectivity index (χ4n) is 1.10. The van der Waals surface area contributed by atoms with Gasteiger partial charge in [0.2, 0.25) is 0 Å². The number of ether oxygens (including phenoxy) is 2. The van der Waals surface area contributed by atoms with Crippen molar-refractivity contribution in [1.29, 1.82) is 0 Å². The third-order valence-corrected chi connectivity index (χ3v) is 1.84. The van der Waals surface area contributed by atoms with E-state index in [-0.39, 0.29) is 31.1 Å². The summed E-state index contributed by atoms with van der Waals surface area (Å²) in [5.74, 6) is -0.525. The quantitative estimate of drug-likeness (QED) is 0.385. The summed E-state index contributed by atoms with van der Waals surface area (Å²) in [6.45, 7) is 1.07. The minimum atomic E-state index is -0.262. The summed E-state index contributed by atoms with van der Waals surface area (Å²) >= 11 is 0. The normalized spacial score (nSPS) is 29.3. The van der Waals surface area contributed by atoms with Gasteiger partial charge in [0.05, 0.1) is 19.3 Å². The largest absolute Gasteiger partial charge is 0.371 e. The lowest BCUT2D eigenvalue weighted by molar-refractivity contribution is -0.158. The van der Waals surface area contributed by atoms with E-state index in [1.165, 1.54) is 4.90 Å². The second-order valence-electron chi connectivity index (χ2n) is 2.85. The molecule has 2 heterocycles. The van der Waals surface area contributed by atoms with Crippen molar-refractivity contribution in [1.82, 2.24) is 4.90 Å². The summed E-state index contributed by atoms with van der Waals surface area (Å²) in [6, 6.07) is 0. The van der Waals surface area contributed by atoms with Crippen molar-refractivity contribution < 1.29 is 19.1 Å². The molecule has 2 amide bonds. The molecule has 2 aliphatic rings. The number of hydrogen-bond donors (Lipinski definition) is 0. The van der Waals surface area contributed by atoms with Gasteiger partial charge in [-0.05, 0) is 0 Å². The standard InChI is InChI=1S/C7H9NO4/c9-6-3-11-4-7(10)8(6)1-5-2-12-5/h5H,1-4H2. The van der Waals surface area contributed by atoms with Gasteiger partial charge in [-0.25, -0.2) is 0 Å². The number of nitrogens with zero attached hydrogens (tertiary/aromatic N) is 1. The van der Waals surface area contributed by atoms with Crippen LogP contribution in [0, 0.1) is 0 Å². The average molecular weight is 171 g/mol. The van der Waals surface area contributed by atoms with Crippen LogP contribution >= 0.6 is 0 Å². The van der Waals surface area contributed by atoms with Crippen molar-refractivity contribution in [2.75, 3.05) is 26.4 Å². The molecule has 2 aliphatic heterocycles. The molecule has 5 heteroatoms. The van der Waals surface area contributed by atoms with E-state index >= 15 is 0 Å². The minimum Gasteiger partial charge on any atom is -0.371 e. The topological polar surface area (TPSA) is 59.1 Å². The molecule has 2 fully saturated rings. The highest BCUT2D eigenvalue weighted by Crippen LogP contribution is 2.12. The molecule has 2 rings (SSSR count). The van der Waals surface area contributed by atoms with E-state index < -0.39 is 0 Å². The zero-order chi connectivity index (χ0) is 8.55. The predicted octanol–water partition coefficient (Wildman–Crippen LogP) is -1.23. The molecule has 0 N–H and O–H groups in total. The van der Waals surface area contributed by atoms with Gasteiger partial charge in [-0.2, -0.15) is 0 Å². The SMILES string of the molecule is O=C1COCC(=O)N1CC1CO1. The van der Waals surface area contributed by atoms with Crippen LogP contribution in [0.2, 0.25) is 0 Å². The smallest absolute Gasteiger partial charge is 0.255 e. The zero-order valence-corrected chi connectivity index (χ0v) is 6.49. The van der Waals surface area contributed by atoms with Gasteiger partial charge in [-0.15, -0.1) is 0 Å². The van der Waals surface area contributed by atoms with Crippen molar-refractivity contribution in [3.63, 3.8) is 0 Å². The molecule has 66 valence electrons. The van der Waals surface area contributed by atoms with Gasteiger partial charge >= 0.3 is 0 Å². The van der Waals surface area contributed by atoms with Crippen LogP contribution in [-0.2, 0) is 19.1 Å². The molecule has 2 saturated heterocycles. The van der Waals surface area contributed by atoms with Crippen molar-refractivity contribution in [2.24, 2.45) is 0 Å². The minimum absolute atomic E-state index is 0.0124. The van der Waals surface area contributed by atoms with Gasteiger partial charge in [0.15, 0.2) is 0 Å². The highest BCUT2D eigenvalue weighted by Gasteiger charge is 2.33. The summed E-state index contributed by atoms with van der Waals surface area (Å²) in [5.41, 5.74) is 0. The van der Waals surface area contributed by atoms with Crippen LogP contribution in [0.1, 0.15) is 0 Å². The van der Waals surface area contributed by atoms with Gasteiger partial charge in [0, 0.05) is 0 Å². The Kier molecular flexibility index (Phi) is 1.82. The number of carbonyl (C=O) groups is 2. The van der Waals surface area contributed by atoms with E-state index in [4.69, 9.17) is 9.47 Å². The Morgan fingerprint density at radius 2 is 1.92 bits per heavy atom. The molecule has 0 aromatic rings. The number of hydrogen-bond acceptors (Lipinski definition) is 4. The van der Waals surface area contributed by atoms with Crippen LogP contribution in [-0.4, -0.2) is 49.2 Å². The molecule has 0 aromatic carbocycles. The van der Waals surface area contributed by atoms with Crippen LogP contribution in [0.15, 0.2) is 0 Å². The summed E-state index contributed by atoms with van der Waals surface area (Å²) in [5, 5.41) is 0. The Hall–Kier alpha value is -0.940. The van der Waals surface area contributed by atoms with Gasteiger partial charge in [0.25, 0.3) is 11.8 Å². The molecule has 12 heavy (non-hydrogen) atoms. The lowest BCUT2D eigenvalue weighted by Crippen LogP contribution is -2.47. The lowest BCUT2D eigenvalue weighted by atomic mass is 10.3. The highest BCUT2D eigenvalue weighted by atomic mass is 16.6. The highest BCUT2D eigenvalue weighted by molar-refractivity contribution is 5.98. The van der Waals surface area contributed by atoms with E-state index in [0.717, 1.165) is 0 Å². The van der Waals surface area contributed by atoms with E-state index in [1.54, 1.807) is 0 Å². The van der Waals surface area contributed by atoms with Crippen molar-refractivity contribution in [2.45, 2.75) is 6.10 Å². The molecule has 0 bridgehead atoms. The Balaban J connectivity index is 1.97. The van der Waals surface area contributed by atoms with Gasteiger partial charge in [-0.1, -0.05) is 0 Å². The average Bonchev–Trinajstić information content (AvgIpc) is 2.80. The summed E-state index contributed by atoms with van der Waals surface area (Å²) < 4.78 is 9.67. The first kappa shape index (κ1) is 7.70. The second-order valence-corrected chi connectivity index (χ2v) is 2.85. The number of amides is 2. The summed E-state index contributed by atoms with van der Waals surface area (Å²) in [4.78, 5) is 23.4. The van der Waals surface area contributed by atoms with Gasteiger partial charge < -0.3 is 9.47 Å². The van der Waals surface area contributed by atoms with Crippen molar-refractivity contribution in [3.8, 4) is 0 Å². The molecular weight excluding hydrogens is 162 g/mol. The predicted molar refractivity (Wildman–Crippen MR) is 37.3 cm³/mol. The third kappa shape index (κ3) is 1.46. The van der Waals surface area contributed by atoms with Crippen LogP contribution in [0.4, 0.5) is 0 Å². The fraction of sp³-hybridized carbons (Fsp3) is 0.714. The first-order chi connectivity index (χ1) is 5.77. The molecule has 0 saturated carbocycles. The number of carbonyl (C=O) groups excluding carboxylic acids is 2. The van der Waals surface area contributed by atoms with Crippen LogP contribution in [0.25, 0.3) is 0 Å². The Bertz CT molecular complexity index is 207.